The Bertz CT molecular complexity index is 868. The van der Waals surface area contributed by atoms with E-state index in [1.807, 2.05) is 24.3 Å². The molecular weight excluding hydrogens is 425 g/mol. The lowest BCUT2D eigenvalue weighted by Crippen LogP contribution is -2.44. The number of benzene rings is 1. The van der Waals surface area contributed by atoms with Crippen molar-refractivity contribution in [2.24, 2.45) is 0 Å². The Morgan fingerprint density at radius 2 is 1.80 bits per heavy atom. The number of carbonyl (C=O) groups is 1. The van der Waals surface area contributed by atoms with Crippen LogP contribution in [0.1, 0.15) is 34.9 Å². The summed E-state index contributed by atoms with van der Waals surface area (Å²) in [4.78, 5) is 26.1. The van der Waals surface area contributed by atoms with Crippen LogP contribution in [-0.4, -0.2) is 66.7 Å². The van der Waals surface area contributed by atoms with Crippen molar-refractivity contribution in [3.05, 3.63) is 51.8 Å². The number of halogens is 2. The predicted molar refractivity (Wildman–Crippen MR) is 117 cm³/mol. The van der Waals surface area contributed by atoms with Gasteiger partial charge in [0.15, 0.2) is 5.69 Å². The van der Waals surface area contributed by atoms with Gasteiger partial charge in [-0.3, -0.25) is 9.69 Å². The van der Waals surface area contributed by atoms with Crippen LogP contribution >= 0.6 is 23.2 Å². The zero-order chi connectivity index (χ0) is 20.9. The summed E-state index contributed by atoms with van der Waals surface area (Å²) in [6.07, 6.45) is 3.72. The molecule has 2 aromatic rings. The molecule has 30 heavy (non-hydrogen) atoms. The molecule has 3 heterocycles. The van der Waals surface area contributed by atoms with Crippen LogP contribution in [0.25, 0.3) is 0 Å². The van der Waals surface area contributed by atoms with Gasteiger partial charge in [-0.25, -0.2) is 9.97 Å². The van der Waals surface area contributed by atoms with E-state index >= 15 is 0 Å². The third-order valence-corrected chi connectivity index (χ3v) is 6.06. The van der Waals surface area contributed by atoms with E-state index in [-0.39, 0.29) is 22.7 Å². The smallest absolute Gasteiger partial charge is 0.271 e. The molecule has 1 aromatic carbocycles. The van der Waals surface area contributed by atoms with Crippen molar-refractivity contribution >= 4 is 35.1 Å². The van der Waals surface area contributed by atoms with Gasteiger partial charge in [-0.2, -0.15) is 0 Å². The van der Waals surface area contributed by atoms with Crippen LogP contribution in [0.15, 0.2) is 30.5 Å². The molecule has 0 saturated carbocycles. The van der Waals surface area contributed by atoms with E-state index in [1.165, 1.54) is 6.20 Å². The molecule has 2 aliphatic rings. The SMILES string of the molecule is O=C(NCC(c1ccc(Cl)cc1)N1CCOCC1)c1nc(N2CCCC2)ncc1Cl. The number of hydrogen-bond donors (Lipinski definition) is 1. The lowest BCUT2D eigenvalue weighted by atomic mass is 10.0. The minimum absolute atomic E-state index is 0.00813. The largest absolute Gasteiger partial charge is 0.379 e. The summed E-state index contributed by atoms with van der Waals surface area (Å²) in [6.45, 7) is 5.19. The van der Waals surface area contributed by atoms with Crippen molar-refractivity contribution < 1.29 is 9.53 Å². The summed E-state index contributed by atoms with van der Waals surface area (Å²) in [6, 6.07) is 7.75. The second-order valence-electron chi connectivity index (χ2n) is 7.49. The van der Waals surface area contributed by atoms with Crippen molar-refractivity contribution in [3.8, 4) is 0 Å². The van der Waals surface area contributed by atoms with Crippen LogP contribution in [0.5, 0.6) is 0 Å². The highest BCUT2D eigenvalue weighted by molar-refractivity contribution is 6.33. The fraction of sp³-hybridized carbons (Fsp3) is 0.476. The highest BCUT2D eigenvalue weighted by Gasteiger charge is 2.25. The number of carbonyl (C=O) groups excluding carboxylic acids is 1. The van der Waals surface area contributed by atoms with E-state index in [4.69, 9.17) is 27.9 Å². The topological polar surface area (TPSA) is 70.6 Å². The Kier molecular flexibility index (Phi) is 7.04. The summed E-state index contributed by atoms with van der Waals surface area (Å²) < 4.78 is 5.49. The molecule has 0 aliphatic carbocycles. The van der Waals surface area contributed by atoms with Crippen LogP contribution in [0.3, 0.4) is 0 Å². The maximum absolute atomic E-state index is 12.9. The van der Waals surface area contributed by atoms with Gasteiger partial charge in [0, 0.05) is 37.7 Å². The molecule has 0 bridgehead atoms. The number of rotatable bonds is 6. The molecule has 9 heteroatoms. The first-order chi connectivity index (χ1) is 14.6. The van der Waals surface area contributed by atoms with Gasteiger partial charge in [0.05, 0.1) is 30.5 Å². The van der Waals surface area contributed by atoms with E-state index in [0.29, 0.717) is 30.7 Å². The molecule has 0 spiro atoms. The van der Waals surface area contributed by atoms with Gasteiger partial charge >= 0.3 is 0 Å². The summed E-state index contributed by atoms with van der Waals surface area (Å²) in [5, 5.41) is 3.96. The number of ether oxygens (including phenoxy) is 1. The first-order valence-corrected chi connectivity index (χ1v) is 11.0. The van der Waals surface area contributed by atoms with Crippen molar-refractivity contribution in [2.75, 3.05) is 50.8 Å². The highest BCUT2D eigenvalue weighted by Crippen LogP contribution is 2.24. The lowest BCUT2D eigenvalue weighted by Gasteiger charge is -2.35. The van der Waals surface area contributed by atoms with E-state index in [2.05, 4.69) is 25.1 Å². The third kappa shape index (κ3) is 5.03. The van der Waals surface area contributed by atoms with Crippen molar-refractivity contribution in [1.82, 2.24) is 20.2 Å². The monoisotopic (exact) mass is 449 g/mol. The number of amides is 1. The normalized spacial score (nSPS) is 18.4. The third-order valence-electron chi connectivity index (χ3n) is 5.53. The molecule has 160 valence electrons. The Morgan fingerprint density at radius 1 is 1.10 bits per heavy atom. The second-order valence-corrected chi connectivity index (χ2v) is 8.33. The number of nitrogens with one attached hydrogen (secondary N) is 1. The molecule has 2 fully saturated rings. The highest BCUT2D eigenvalue weighted by atomic mass is 35.5. The fourth-order valence-corrected chi connectivity index (χ4v) is 4.19. The number of anilines is 1. The maximum atomic E-state index is 12.9. The first kappa shape index (κ1) is 21.3. The van der Waals surface area contributed by atoms with E-state index < -0.39 is 0 Å². The maximum Gasteiger partial charge on any atom is 0.271 e. The number of hydrogen-bond acceptors (Lipinski definition) is 6. The number of nitrogens with zero attached hydrogens (tertiary/aromatic N) is 4. The van der Waals surface area contributed by atoms with Gasteiger partial charge in [0.2, 0.25) is 5.95 Å². The quantitative estimate of drug-likeness (QED) is 0.729. The van der Waals surface area contributed by atoms with Crippen LogP contribution in [0, 0.1) is 0 Å². The molecule has 1 atom stereocenters. The van der Waals surface area contributed by atoms with Gasteiger partial charge < -0.3 is 15.0 Å². The van der Waals surface area contributed by atoms with E-state index in [0.717, 1.165) is 44.6 Å². The molecule has 7 nitrogen and oxygen atoms in total. The summed E-state index contributed by atoms with van der Waals surface area (Å²) >= 11 is 12.3. The molecule has 1 amide bonds. The van der Waals surface area contributed by atoms with Gasteiger partial charge in [-0.05, 0) is 30.5 Å². The predicted octanol–water partition coefficient (Wildman–Crippen LogP) is 3.19. The van der Waals surface area contributed by atoms with E-state index in [1.54, 1.807) is 0 Å². The Labute approximate surface area is 186 Å². The van der Waals surface area contributed by atoms with Crippen LogP contribution < -0.4 is 10.2 Å². The standard InChI is InChI=1S/C21H25Cl2N5O2/c22-16-5-3-15(4-6-16)18(27-9-11-30-12-10-27)14-24-20(29)19-17(23)13-25-21(26-19)28-7-1-2-8-28/h3-6,13,18H,1-2,7-12,14H2,(H,24,29). The average Bonchev–Trinajstić information content (AvgIpc) is 3.31. The molecule has 2 saturated heterocycles. The second kappa shape index (κ2) is 9.92. The minimum atomic E-state index is -0.296. The van der Waals surface area contributed by atoms with Crippen LogP contribution in [0.4, 0.5) is 5.95 Å². The molecular formula is C21H25Cl2N5O2. The number of morpholine rings is 1. The number of aromatic nitrogens is 2. The molecule has 0 radical (unpaired) electrons. The average molecular weight is 450 g/mol. The zero-order valence-electron chi connectivity index (χ0n) is 16.7. The lowest BCUT2D eigenvalue weighted by molar-refractivity contribution is 0.0162. The molecule has 1 N–H and O–H groups in total. The van der Waals surface area contributed by atoms with Crippen molar-refractivity contribution in [1.29, 1.82) is 0 Å². The molecule has 2 aliphatic heterocycles. The molecule has 4 rings (SSSR count). The van der Waals surface area contributed by atoms with Crippen LogP contribution in [-0.2, 0) is 4.74 Å². The van der Waals surface area contributed by atoms with Crippen molar-refractivity contribution in [2.45, 2.75) is 18.9 Å². The molecule has 1 unspecified atom stereocenters. The summed E-state index contributed by atoms with van der Waals surface area (Å²) in [7, 11) is 0. The van der Waals surface area contributed by atoms with Gasteiger partial charge in [-0.1, -0.05) is 35.3 Å². The van der Waals surface area contributed by atoms with Gasteiger partial charge in [-0.15, -0.1) is 0 Å². The first-order valence-electron chi connectivity index (χ1n) is 10.2. The summed E-state index contributed by atoms with van der Waals surface area (Å²) in [5.74, 6) is 0.263. The minimum Gasteiger partial charge on any atom is -0.379 e. The zero-order valence-corrected chi connectivity index (χ0v) is 18.2. The van der Waals surface area contributed by atoms with Gasteiger partial charge in [0.1, 0.15) is 0 Å². The fourth-order valence-electron chi connectivity index (χ4n) is 3.89. The van der Waals surface area contributed by atoms with Crippen molar-refractivity contribution in [3.63, 3.8) is 0 Å². The Morgan fingerprint density at radius 3 is 2.50 bits per heavy atom. The Balaban J connectivity index is 1.49. The van der Waals surface area contributed by atoms with Crippen LogP contribution in [0.2, 0.25) is 10.0 Å². The van der Waals surface area contributed by atoms with Gasteiger partial charge in [0.25, 0.3) is 5.91 Å². The Hall–Kier alpha value is -1.93. The van der Waals surface area contributed by atoms with E-state index in [9.17, 15) is 4.79 Å². The molecule has 1 aromatic heterocycles. The summed E-state index contributed by atoms with van der Waals surface area (Å²) in [5.41, 5.74) is 1.30.